The first-order chi connectivity index (χ1) is 49.1. The summed E-state index contributed by atoms with van der Waals surface area (Å²) in [6.45, 7) is 0. The van der Waals surface area contributed by atoms with Crippen molar-refractivity contribution in [2.45, 2.75) is 0 Å². The second-order valence-electron chi connectivity index (χ2n) is 21.8. The van der Waals surface area contributed by atoms with Crippen LogP contribution in [0.1, 0.15) is 17.8 Å². The molecule has 0 atom stereocenters. The third kappa shape index (κ3) is 8.71. The summed E-state index contributed by atoms with van der Waals surface area (Å²) < 4.78 is 130. The van der Waals surface area contributed by atoms with Crippen molar-refractivity contribution in [3.05, 3.63) is 352 Å². The Hall–Kier alpha value is -11.0. The number of fused-ring (bicyclic) bond motifs is 6. The first kappa shape index (κ1) is 40.3. The van der Waals surface area contributed by atoms with Crippen molar-refractivity contribution in [3.63, 3.8) is 0 Å². The number of aromatic nitrogens is 4. The van der Waals surface area contributed by atoms with E-state index in [4.69, 9.17) is 18.2 Å². The molecule has 0 fully saturated rings. The van der Waals surface area contributed by atoms with Gasteiger partial charge < -0.3 is 0 Å². The fraction of sp³-hybridized carbons (Fsp3) is 0. The number of benzene rings is 13. The molecule has 3 aromatic heterocycles. The van der Waals surface area contributed by atoms with E-state index < -0.39 is 76.6 Å². The lowest BCUT2D eigenvalue weighted by atomic mass is 10.1. The van der Waals surface area contributed by atoms with Crippen LogP contribution in [0.4, 0.5) is 0 Å². The number of hydrogen-bond acceptors (Lipinski definition) is 2. The Morgan fingerprint density at radius 1 is 0.250 bits per heavy atom. The fourth-order valence-corrected chi connectivity index (χ4v) is 22.6. The molecule has 0 radical (unpaired) electrons. The van der Waals surface area contributed by atoms with Crippen LogP contribution in [0.25, 0.3) is 88.9 Å². The monoisotopic (exact) mass is 1170 g/mol. The summed E-state index contributed by atoms with van der Waals surface area (Å²) in [6, 6.07) is 82.5. The van der Waals surface area contributed by atoms with E-state index in [2.05, 4.69) is 33.4 Å². The van der Waals surface area contributed by atoms with Crippen molar-refractivity contribution in [2.24, 2.45) is 0 Å². The van der Waals surface area contributed by atoms with E-state index in [0.717, 1.165) is 43.6 Å². The van der Waals surface area contributed by atoms with Crippen LogP contribution < -0.4 is 41.5 Å². The van der Waals surface area contributed by atoms with E-state index in [-0.39, 0.29) is 51.0 Å². The molecule has 0 spiro atoms. The highest BCUT2D eigenvalue weighted by molar-refractivity contribution is 7.22. The van der Waals surface area contributed by atoms with Gasteiger partial charge in [-0.25, -0.2) is 9.97 Å². The van der Waals surface area contributed by atoms with Crippen molar-refractivity contribution in [3.8, 4) is 45.3 Å². The Morgan fingerprint density at radius 2 is 0.557 bits per heavy atom. The lowest BCUT2D eigenvalue weighted by Gasteiger charge is -2.38. The van der Waals surface area contributed by atoms with Crippen LogP contribution in [0.15, 0.2) is 352 Å². The van der Waals surface area contributed by atoms with Crippen LogP contribution in [0.2, 0.25) is 0 Å². The Bertz CT molecular complexity index is 5430. The van der Waals surface area contributed by atoms with Gasteiger partial charge in [0.15, 0.2) is 22.0 Å². The quantitative estimate of drug-likeness (QED) is 0.0852. The van der Waals surface area contributed by atoms with E-state index in [0.29, 0.717) is 53.9 Å². The maximum atomic E-state index is 11.9. The highest BCUT2D eigenvalue weighted by Gasteiger charge is 2.46. The van der Waals surface area contributed by atoms with Gasteiger partial charge in [-0.3, -0.25) is 9.13 Å². The van der Waals surface area contributed by atoms with Crippen molar-refractivity contribution in [1.82, 2.24) is 19.1 Å². The van der Waals surface area contributed by atoms with Gasteiger partial charge in [0.25, 0.3) is 0 Å². The predicted octanol–water partition coefficient (Wildman–Crippen LogP) is 14.4. The smallest absolute Gasteiger partial charge is 0.179 e. The Balaban J connectivity index is 1.15. The molecule has 0 saturated heterocycles. The van der Waals surface area contributed by atoms with Crippen molar-refractivity contribution >= 4 is 101 Å². The molecule has 0 unspecified atom stereocenters. The Morgan fingerprint density at radius 3 is 0.898 bits per heavy atom. The Kier molecular flexibility index (Phi) is 10.1. The zero-order valence-corrected chi connectivity index (χ0v) is 49.3. The molecule has 88 heavy (non-hydrogen) atoms. The topological polar surface area (TPSA) is 35.6 Å². The molecule has 0 aliphatic carbocycles. The van der Waals surface area contributed by atoms with E-state index in [1.54, 1.807) is 24.3 Å². The number of rotatable bonds is 13. The molecule has 0 saturated carbocycles. The zero-order valence-electron chi connectivity index (χ0n) is 60.3. The van der Waals surface area contributed by atoms with E-state index in [9.17, 15) is 9.60 Å². The summed E-state index contributed by atoms with van der Waals surface area (Å²) in [5.41, 5.74) is 3.88. The molecule has 4 nitrogen and oxygen atoms in total. The van der Waals surface area contributed by atoms with Gasteiger partial charge in [-0.05, 0) is 88.0 Å². The lowest BCUT2D eigenvalue weighted by molar-refractivity contribution is 0.994. The molecule has 16 rings (SSSR count). The molecule has 414 valence electrons. The molecular weight excluding hydrogens is 1100 g/mol. The molecule has 6 heteroatoms. The van der Waals surface area contributed by atoms with Crippen molar-refractivity contribution in [2.75, 3.05) is 0 Å². The third-order valence-electron chi connectivity index (χ3n) is 17.0. The third-order valence-corrected chi connectivity index (χ3v) is 26.2. The predicted molar refractivity (Wildman–Crippen MR) is 374 cm³/mol. The molecule has 16 aromatic rings. The van der Waals surface area contributed by atoms with Crippen LogP contribution in [0.5, 0.6) is 0 Å². The van der Waals surface area contributed by atoms with Crippen LogP contribution in [0, 0.1) is 0 Å². The minimum Gasteiger partial charge on any atom is -0.294 e. The second kappa shape index (κ2) is 22.1. The van der Waals surface area contributed by atoms with Gasteiger partial charge >= 0.3 is 0 Å². The minimum absolute atomic E-state index is 0.00691. The fourth-order valence-electron chi connectivity index (χ4n) is 13.3. The first-order valence-electron chi connectivity index (χ1n) is 35.7. The standard InChI is InChI=1S/C82H58N4Si2/c1-7-29-59(30-8-1)61-33-27-43-68(53-61)87(64-35-11-3-12-36-64,65-37-13-4-14-38-65)70-55-63(56-71(57-70)88(66-39-15-5-16-40-66,67-41-17-6-18-42-67)69-44-28-34-62(54-69)60-31-9-2-10-32-60)82-83-80(85-76-49-23-19-45-72(76)73-46-20-24-50-77(73)85)58-81(84-82)86-78-51-25-21-47-74(78)75-48-22-26-52-79(75)86/h1-58H/i1D,2D,7D,8D,9D,10D,29D,30D,31D,32D,55D,56D,57D. The highest BCUT2D eigenvalue weighted by atomic mass is 28.3. The van der Waals surface area contributed by atoms with Crippen LogP contribution in [0.3, 0.4) is 0 Å². The minimum atomic E-state index is -4.47. The summed E-state index contributed by atoms with van der Waals surface area (Å²) in [5, 5.41) is 8.31. The molecule has 3 heterocycles. The first-order valence-corrected chi connectivity index (χ1v) is 33.2. The number of nitrogens with zero attached hydrogens (tertiary/aromatic N) is 4. The number of para-hydroxylation sites is 4. The van der Waals surface area contributed by atoms with Crippen LogP contribution in [-0.2, 0) is 0 Å². The van der Waals surface area contributed by atoms with Gasteiger partial charge in [-0.1, -0.05) is 321 Å². The Labute approximate surface area is 532 Å². The average molecular weight is 1170 g/mol. The van der Waals surface area contributed by atoms with Gasteiger partial charge in [0.05, 0.1) is 39.9 Å². The zero-order chi connectivity index (χ0) is 69.8. The van der Waals surface area contributed by atoms with Gasteiger partial charge in [0, 0.05) is 33.2 Å². The van der Waals surface area contributed by atoms with E-state index in [1.165, 1.54) is 0 Å². The largest absolute Gasteiger partial charge is 0.294 e. The molecule has 0 aliphatic heterocycles. The summed E-state index contributed by atoms with van der Waals surface area (Å²) in [7, 11) is -8.93. The molecule has 0 bridgehead atoms. The van der Waals surface area contributed by atoms with Crippen molar-refractivity contribution < 1.29 is 17.8 Å². The van der Waals surface area contributed by atoms with Gasteiger partial charge in [0.1, 0.15) is 11.6 Å². The summed E-state index contributed by atoms with van der Waals surface area (Å²) in [5.74, 6) is 0.832. The molecule has 0 N–H and O–H groups in total. The SMILES string of the molecule is [2H]c1c([2H])c([2H])c(-c2cccc([Si](c3ccccc3)(c3ccccc3)c3c([2H])c(-c4nc(-n5c6ccccc6c6ccccc65)cc(-n5c6ccccc6c6ccccc65)n4)c([2H])c([Si](c4ccccc4)(c4ccccc4)c4cccc(-c5c([2H])c([2H])c([2H])c([2H])c5[2H])c4)c3[2H])c2)c([2H])c1[2H]. The van der Waals surface area contributed by atoms with Gasteiger partial charge in [0.2, 0.25) is 0 Å². The number of hydrogen-bond donors (Lipinski definition) is 0. The highest BCUT2D eigenvalue weighted by Crippen LogP contribution is 2.36. The maximum Gasteiger partial charge on any atom is 0.179 e. The summed E-state index contributed by atoms with van der Waals surface area (Å²) >= 11 is 0. The summed E-state index contributed by atoms with van der Waals surface area (Å²) in [6.07, 6.45) is 0. The second-order valence-corrected chi connectivity index (χ2v) is 29.2. The normalized spacial score (nSPS) is 13.9. The van der Waals surface area contributed by atoms with Crippen LogP contribution >= 0.6 is 0 Å². The van der Waals surface area contributed by atoms with E-state index >= 15 is 0 Å². The average Bonchev–Trinajstić information content (AvgIpc) is 1.45. The maximum absolute atomic E-state index is 11.9. The van der Waals surface area contributed by atoms with Gasteiger partial charge in [-0.2, -0.15) is 0 Å². The van der Waals surface area contributed by atoms with Crippen LogP contribution in [-0.4, -0.2) is 35.2 Å². The molecule has 13 aromatic carbocycles. The van der Waals surface area contributed by atoms with E-state index in [1.807, 2.05) is 224 Å². The molecule has 0 amide bonds. The van der Waals surface area contributed by atoms with Gasteiger partial charge in [-0.15, -0.1) is 0 Å². The molecular formula is C82H58N4Si2. The summed E-state index contributed by atoms with van der Waals surface area (Å²) in [4.78, 5) is 11.5. The lowest BCUT2D eigenvalue weighted by Crippen LogP contribution is -2.78. The van der Waals surface area contributed by atoms with Crippen molar-refractivity contribution in [1.29, 1.82) is 0 Å². The molecule has 0 aliphatic rings.